The fourth-order valence-electron chi connectivity index (χ4n) is 1.49. The summed E-state index contributed by atoms with van der Waals surface area (Å²) in [5.41, 5.74) is 0.205. The van der Waals surface area contributed by atoms with Crippen molar-refractivity contribution in [2.24, 2.45) is 5.41 Å². The Morgan fingerprint density at radius 3 is 2.64 bits per heavy atom. The summed E-state index contributed by atoms with van der Waals surface area (Å²) in [5, 5.41) is 2.70. The lowest BCUT2D eigenvalue weighted by Crippen LogP contribution is -2.41. The van der Waals surface area contributed by atoms with Crippen molar-refractivity contribution in [3.05, 3.63) is 0 Å². The Balaban J connectivity index is 2.32. The molecular weight excluding hydrogens is 198 g/mol. The molecule has 1 fully saturated rings. The van der Waals surface area contributed by atoms with Crippen LogP contribution in [0.1, 0.15) is 26.7 Å². The van der Waals surface area contributed by atoms with Crippen molar-refractivity contribution in [2.75, 3.05) is 19.8 Å². The minimum Gasteiger partial charge on any atom is -0.381 e. The van der Waals surface area contributed by atoms with E-state index in [1.807, 2.05) is 0 Å². The molecule has 1 atom stereocenters. The fraction of sp³-hybridized carbons (Fsp3) is 0.900. The molecule has 4 heteroatoms. The number of hydrogen-bond acceptors (Lipinski definition) is 3. The van der Waals surface area contributed by atoms with Crippen LogP contribution in [0.5, 0.6) is 0 Å². The van der Waals surface area contributed by atoms with Crippen LogP contribution < -0.4 is 5.32 Å². The average Bonchev–Trinajstić information content (AvgIpc) is 2.15. The molecule has 0 aromatic rings. The second-order valence-electron chi connectivity index (χ2n) is 4.32. The molecule has 1 aliphatic rings. The van der Waals surface area contributed by atoms with Gasteiger partial charge in [-0.3, -0.25) is 4.79 Å². The van der Waals surface area contributed by atoms with Gasteiger partial charge in [-0.15, -0.1) is 0 Å². The minimum absolute atomic E-state index is 0.0149. The van der Waals surface area contributed by atoms with Crippen molar-refractivity contribution in [1.29, 1.82) is 0 Å². The van der Waals surface area contributed by atoms with E-state index in [1.54, 1.807) is 6.92 Å². The molecule has 1 unspecified atom stereocenters. The maximum absolute atomic E-state index is 11.3. The monoisotopic (exact) mass is 217 g/mol. The van der Waals surface area contributed by atoms with Crippen LogP contribution in [0.4, 0.5) is 0 Å². The molecule has 1 N–H and O–H groups in total. The van der Waals surface area contributed by atoms with Gasteiger partial charge in [0.1, 0.15) is 0 Å². The lowest BCUT2D eigenvalue weighted by Gasteiger charge is -2.33. The van der Waals surface area contributed by atoms with E-state index in [0.717, 1.165) is 32.6 Å². The van der Waals surface area contributed by atoms with E-state index in [9.17, 15) is 4.79 Å². The SMILES string of the molecule is CC(S)C(=O)NCC1(C)CCOCC1. The number of nitrogens with one attached hydrogen (secondary N) is 1. The summed E-state index contributed by atoms with van der Waals surface area (Å²) in [6.45, 7) is 6.33. The summed E-state index contributed by atoms with van der Waals surface area (Å²) in [7, 11) is 0. The van der Waals surface area contributed by atoms with Crippen molar-refractivity contribution in [1.82, 2.24) is 5.32 Å². The molecule has 1 amide bonds. The largest absolute Gasteiger partial charge is 0.381 e. The van der Waals surface area contributed by atoms with Crippen LogP contribution in [0, 0.1) is 5.41 Å². The van der Waals surface area contributed by atoms with Gasteiger partial charge in [-0.2, -0.15) is 12.6 Å². The molecule has 0 aliphatic carbocycles. The lowest BCUT2D eigenvalue weighted by atomic mass is 9.82. The molecule has 0 radical (unpaired) electrons. The Bertz CT molecular complexity index is 200. The summed E-state index contributed by atoms with van der Waals surface area (Å²) in [4.78, 5) is 11.3. The summed E-state index contributed by atoms with van der Waals surface area (Å²) in [6, 6.07) is 0. The van der Waals surface area contributed by atoms with Gasteiger partial charge in [0, 0.05) is 19.8 Å². The number of carbonyl (C=O) groups excluding carboxylic acids is 1. The highest BCUT2D eigenvalue weighted by atomic mass is 32.1. The molecule has 0 saturated carbocycles. The first kappa shape index (κ1) is 11.9. The molecule has 82 valence electrons. The Labute approximate surface area is 91.0 Å². The van der Waals surface area contributed by atoms with Crippen LogP contribution in [-0.2, 0) is 9.53 Å². The van der Waals surface area contributed by atoms with E-state index in [1.165, 1.54) is 0 Å². The summed E-state index contributed by atoms with van der Waals surface area (Å²) in [6.07, 6.45) is 2.04. The minimum atomic E-state index is -0.224. The van der Waals surface area contributed by atoms with Gasteiger partial charge in [0.05, 0.1) is 5.25 Å². The molecule has 0 aromatic heterocycles. The van der Waals surface area contributed by atoms with E-state index < -0.39 is 0 Å². The predicted molar refractivity (Wildman–Crippen MR) is 59.6 cm³/mol. The number of thiol groups is 1. The third-order valence-corrected chi connectivity index (χ3v) is 3.00. The fourth-order valence-corrected chi connectivity index (χ4v) is 1.58. The lowest BCUT2D eigenvalue weighted by molar-refractivity contribution is -0.121. The molecule has 3 nitrogen and oxygen atoms in total. The van der Waals surface area contributed by atoms with E-state index >= 15 is 0 Å². The maximum Gasteiger partial charge on any atom is 0.232 e. The smallest absolute Gasteiger partial charge is 0.232 e. The molecule has 1 saturated heterocycles. The van der Waals surface area contributed by atoms with Crippen molar-refractivity contribution in [3.8, 4) is 0 Å². The number of rotatable bonds is 3. The zero-order chi connectivity index (χ0) is 10.6. The summed E-state index contributed by atoms with van der Waals surface area (Å²) >= 11 is 4.08. The molecule has 0 spiro atoms. The van der Waals surface area contributed by atoms with Gasteiger partial charge in [-0.25, -0.2) is 0 Å². The summed E-state index contributed by atoms with van der Waals surface area (Å²) < 4.78 is 5.29. The van der Waals surface area contributed by atoms with Gasteiger partial charge in [-0.05, 0) is 25.2 Å². The normalized spacial score (nSPS) is 22.8. The topological polar surface area (TPSA) is 38.3 Å². The number of hydrogen-bond donors (Lipinski definition) is 2. The molecule has 1 rings (SSSR count). The van der Waals surface area contributed by atoms with Gasteiger partial charge >= 0.3 is 0 Å². The standard InChI is InChI=1S/C10H19NO2S/c1-8(14)9(12)11-7-10(2)3-5-13-6-4-10/h8,14H,3-7H2,1-2H3,(H,11,12). The molecular formula is C10H19NO2S. The third kappa shape index (κ3) is 3.50. The highest BCUT2D eigenvalue weighted by Crippen LogP contribution is 2.28. The van der Waals surface area contributed by atoms with Crippen LogP contribution >= 0.6 is 12.6 Å². The van der Waals surface area contributed by atoms with Crippen LogP contribution in [0.15, 0.2) is 0 Å². The van der Waals surface area contributed by atoms with Crippen LogP contribution in [0.25, 0.3) is 0 Å². The average molecular weight is 217 g/mol. The zero-order valence-electron chi connectivity index (χ0n) is 8.88. The van der Waals surface area contributed by atoms with Gasteiger partial charge < -0.3 is 10.1 Å². The third-order valence-electron chi connectivity index (χ3n) is 2.77. The molecule has 1 aliphatic heterocycles. The van der Waals surface area contributed by atoms with Gasteiger partial charge in [0.2, 0.25) is 5.91 Å². The second kappa shape index (κ2) is 5.03. The molecule has 1 heterocycles. The highest BCUT2D eigenvalue weighted by molar-refractivity contribution is 7.81. The number of amides is 1. The first-order valence-corrected chi connectivity index (χ1v) is 5.59. The molecule has 14 heavy (non-hydrogen) atoms. The number of carbonyl (C=O) groups is 1. The van der Waals surface area contributed by atoms with Gasteiger partial charge in [0.25, 0.3) is 0 Å². The van der Waals surface area contributed by atoms with Crippen LogP contribution in [0.3, 0.4) is 0 Å². The maximum atomic E-state index is 11.3. The van der Waals surface area contributed by atoms with Gasteiger partial charge in [-0.1, -0.05) is 6.92 Å². The van der Waals surface area contributed by atoms with E-state index in [0.29, 0.717) is 0 Å². The van der Waals surface area contributed by atoms with E-state index in [-0.39, 0.29) is 16.6 Å². The first-order chi connectivity index (χ1) is 6.53. The molecule has 0 aromatic carbocycles. The van der Waals surface area contributed by atoms with Crippen LogP contribution in [-0.4, -0.2) is 30.9 Å². The van der Waals surface area contributed by atoms with Crippen molar-refractivity contribution in [3.63, 3.8) is 0 Å². The second-order valence-corrected chi connectivity index (χ2v) is 5.09. The Morgan fingerprint density at radius 1 is 1.57 bits per heavy atom. The van der Waals surface area contributed by atoms with Crippen molar-refractivity contribution >= 4 is 18.5 Å². The predicted octanol–water partition coefficient (Wildman–Crippen LogP) is 1.24. The first-order valence-electron chi connectivity index (χ1n) is 5.07. The van der Waals surface area contributed by atoms with Crippen molar-refractivity contribution < 1.29 is 9.53 Å². The quantitative estimate of drug-likeness (QED) is 0.698. The zero-order valence-corrected chi connectivity index (χ0v) is 9.77. The van der Waals surface area contributed by atoms with Gasteiger partial charge in [0.15, 0.2) is 0 Å². The highest BCUT2D eigenvalue weighted by Gasteiger charge is 2.27. The number of ether oxygens (including phenoxy) is 1. The summed E-state index contributed by atoms with van der Waals surface area (Å²) in [5.74, 6) is 0.0149. The van der Waals surface area contributed by atoms with E-state index in [2.05, 4.69) is 24.9 Å². The van der Waals surface area contributed by atoms with Crippen LogP contribution in [0.2, 0.25) is 0 Å². The Morgan fingerprint density at radius 2 is 2.14 bits per heavy atom. The Hall–Kier alpha value is -0.220. The Kier molecular flexibility index (Phi) is 4.26. The van der Waals surface area contributed by atoms with Crippen molar-refractivity contribution in [2.45, 2.75) is 31.9 Å². The van der Waals surface area contributed by atoms with E-state index in [4.69, 9.17) is 4.74 Å². The molecule has 0 bridgehead atoms.